The van der Waals surface area contributed by atoms with Crippen LogP contribution in [0, 0.1) is 12.7 Å². The van der Waals surface area contributed by atoms with E-state index in [-0.39, 0.29) is 22.8 Å². The summed E-state index contributed by atoms with van der Waals surface area (Å²) in [6.07, 6.45) is -6.52. The first-order chi connectivity index (χ1) is 14.5. The molecule has 166 valence electrons. The maximum absolute atomic E-state index is 14.5. The highest BCUT2D eigenvalue weighted by atomic mass is 19.4. The molecule has 0 saturated heterocycles. The third-order valence-electron chi connectivity index (χ3n) is 4.39. The Labute approximate surface area is 172 Å². The van der Waals surface area contributed by atoms with Gasteiger partial charge in [-0.2, -0.15) is 13.2 Å². The van der Waals surface area contributed by atoms with Gasteiger partial charge in [-0.3, -0.25) is 0 Å². The number of hydrogen-bond acceptors (Lipinski definition) is 6. The third-order valence-corrected chi connectivity index (χ3v) is 4.39. The van der Waals surface area contributed by atoms with Crippen molar-refractivity contribution in [3.8, 4) is 0 Å². The number of carboxylic acids is 1. The van der Waals surface area contributed by atoms with E-state index < -0.39 is 47.7 Å². The van der Waals surface area contributed by atoms with Crippen molar-refractivity contribution >= 4 is 11.8 Å². The number of nitrogens with zero attached hydrogens (tertiary/aromatic N) is 2. The number of aryl methyl sites for hydroxylation is 1. The van der Waals surface area contributed by atoms with Crippen LogP contribution < -0.4 is 5.32 Å². The molecule has 2 N–H and O–H groups in total. The van der Waals surface area contributed by atoms with Gasteiger partial charge >= 0.3 is 12.1 Å². The number of aliphatic carboxylic acids is 1. The predicted octanol–water partition coefficient (Wildman–Crippen LogP) is 4.73. The number of alkyl halides is 4. The van der Waals surface area contributed by atoms with Crippen LogP contribution in [-0.4, -0.2) is 21.0 Å². The molecule has 1 aliphatic heterocycles. The van der Waals surface area contributed by atoms with Gasteiger partial charge in [-0.25, -0.2) is 23.5 Å². The van der Waals surface area contributed by atoms with Crippen LogP contribution in [0.25, 0.3) is 0 Å². The van der Waals surface area contributed by atoms with E-state index in [2.05, 4.69) is 15.3 Å². The first-order valence-electron chi connectivity index (χ1n) is 8.84. The van der Waals surface area contributed by atoms with E-state index in [1.54, 1.807) is 0 Å². The Morgan fingerprint density at radius 1 is 1.23 bits per heavy atom. The second-order valence-corrected chi connectivity index (χ2v) is 6.57. The van der Waals surface area contributed by atoms with Crippen molar-refractivity contribution in [3.05, 3.63) is 64.7 Å². The summed E-state index contributed by atoms with van der Waals surface area (Å²) in [7, 11) is 0. The van der Waals surface area contributed by atoms with Crippen LogP contribution in [0.4, 0.5) is 27.8 Å². The highest BCUT2D eigenvalue weighted by Gasteiger charge is 2.37. The van der Waals surface area contributed by atoms with Gasteiger partial charge in [-0.1, -0.05) is 12.1 Å². The normalized spacial score (nSPS) is 15.8. The van der Waals surface area contributed by atoms with E-state index >= 15 is 0 Å². The molecule has 1 aliphatic rings. The van der Waals surface area contributed by atoms with Crippen molar-refractivity contribution < 1.29 is 41.3 Å². The van der Waals surface area contributed by atoms with Gasteiger partial charge in [0.2, 0.25) is 6.17 Å². The maximum Gasteiger partial charge on any atom is 0.419 e. The molecule has 0 bridgehead atoms. The number of halogens is 5. The molecular formula is C19H16F5N3O4. The van der Waals surface area contributed by atoms with Crippen LogP contribution in [0.15, 0.2) is 30.7 Å². The van der Waals surface area contributed by atoms with Gasteiger partial charge in [-0.15, -0.1) is 0 Å². The van der Waals surface area contributed by atoms with Crippen LogP contribution in [0.5, 0.6) is 0 Å². The van der Waals surface area contributed by atoms with Crippen LogP contribution in [-0.2, 0) is 20.4 Å². The summed E-state index contributed by atoms with van der Waals surface area (Å²) in [5, 5.41) is 11.8. The summed E-state index contributed by atoms with van der Waals surface area (Å²) in [4.78, 5) is 19.1. The Kier molecular flexibility index (Phi) is 6.00. The SMILES string of the molecule is Cc1nc(N[C@H](C)c2cccc(C(F)(F)F)c2F)c(C2OC=CO2)c(C(F)C(=O)O)n1. The standard InChI is InChI=1S/C19H16F5N3O4/c1-8(10-4-3-5-11(13(10)20)19(22,23)24)25-16-12(18-30-6-7-31-18)15(14(21)17(28)29)26-9(2)27-16/h3-8,14,18H,1-2H3,(H,28,29)(H,25,26,27)/t8-,14?/m1/s1. The Balaban J connectivity index is 2.06. The molecule has 2 aromatic rings. The van der Waals surface area contributed by atoms with Gasteiger partial charge in [0.1, 0.15) is 41.2 Å². The van der Waals surface area contributed by atoms with Gasteiger partial charge in [0.15, 0.2) is 0 Å². The Morgan fingerprint density at radius 3 is 2.45 bits per heavy atom. The zero-order valence-electron chi connectivity index (χ0n) is 16.1. The highest BCUT2D eigenvalue weighted by molar-refractivity contribution is 5.75. The summed E-state index contributed by atoms with van der Waals surface area (Å²) in [5.41, 5.74) is -2.56. The van der Waals surface area contributed by atoms with Crippen molar-refractivity contribution in [2.75, 3.05) is 5.32 Å². The molecule has 0 saturated carbocycles. The summed E-state index contributed by atoms with van der Waals surface area (Å²) < 4.78 is 78.4. The molecule has 1 aromatic carbocycles. The fourth-order valence-electron chi connectivity index (χ4n) is 3.02. The number of nitrogens with one attached hydrogen (secondary N) is 1. The molecule has 0 amide bonds. The Bertz CT molecular complexity index is 1020. The van der Waals surface area contributed by atoms with Gasteiger partial charge in [0.25, 0.3) is 6.29 Å². The minimum Gasteiger partial charge on any atom is -0.479 e. The predicted molar refractivity (Wildman–Crippen MR) is 95.7 cm³/mol. The summed E-state index contributed by atoms with van der Waals surface area (Å²) in [6, 6.07) is 1.72. The molecule has 0 aliphatic carbocycles. The first kappa shape index (κ1) is 22.2. The number of anilines is 1. The molecule has 31 heavy (non-hydrogen) atoms. The highest BCUT2D eigenvalue weighted by Crippen LogP contribution is 2.38. The van der Waals surface area contributed by atoms with Crippen molar-refractivity contribution in [1.82, 2.24) is 9.97 Å². The van der Waals surface area contributed by atoms with E-state index in [0.29, 0.717) is 6.07 Å². The molecule has 0 spiro atoms. The fourth-order valence-corrected chi connectivity index (χ4v) is 3.02. The van der Waals surface area contributed by atoms with Crippen LogP contribution in [0.2, 0.25) is 0 Å². The average molecular weight is 445 g/mol. The number of rotatable bonds is 6. The van der Waals surface area contributed by atoms with Crippen molar-refractivity contribution in [2.45, 2.75) is 38.5 Å². The molecule has 3 rings (SSSR count). The average Bonchev–Trinajstić information content (AvgIpc) is 3.20. The minimum absolute atomic E-state index is 0.0344. The van der Waals surface area contributed by atoms with Crippen molar-refractivity contribution in [1.29, 1.82) is 0 Å². The quantitative estimate of drug-likeness (QED) is 0.621. The van der Waals surface area contributed by atoms with Gasteiger partial charge in [0, 0.05) is 5.56 Å². The second-order valence-electron chi connectivity index (χ2n) is 6.57. The molecule has 7 nitrogen and oxygen atoms in total. The van der Waals surface area contributed by atoms with Crippen molar-refractivity contribution in [2.24, 2.45) is 0 Å². The lowest BCUT2D eigenvalue weighted by Crippen LogP contribution is -2.20. The number of benzene rings is 1. The number of carboxylic acid groups (broad SMARTS) is 1. The third kappa shape index (κ3) is 4.52. The molecule has 2 heterocycles. The van der Waals surface area contributed by atoms with E-state index in [1.807, 2.05) is 0 Å². The molecule has 2 atom stereocenters. The molecule has 0 fully saturated rings. The van der Waals surface area contributed by atoms with Crippen LogP contribution in [0.3, 0.4) is 0 Å². The lowest BCUT2D eigenvalue weighted by Gasteiger charge is -2.23. The van der Waals surface area contributed by atoms with Gasteiger partial charge in [-0.05, 0) is 19.9 Å². The van der Waals surface area contributed by atoms with Gasteiger partial charge < -0.3 is 19.9 Å². The fraction of sp³-hybridized carbons (Fsp3) is 0.316. The monoisotopic (exact) mass is 445 g/mol. The van der Waals surface area contributed by atoms with E-state index in [9.17, 15) is 26.7 Å². The second kappa shape index (κ2) is 8.36. The smallest absolute Gasteiger partial charge is 0.419 e. The summed E-state index contributed by atoms with van der Waals surface area (Å²) >= 11 is 0. The summed E-state index contributed by atoms with van der Waals surface area (Å²) in [5.74, 6) is -3.52. The molecule has 0 radical (unpaired) electrons. The number of aromatic nitrogens is 2. The number of ether oxygens (including phenoxy) is 2. The minimum atomic E-state index is -4.90. The molecular weight excluding hydrogens is 429 g/mol. The lowest BCUT2D eigenvalue weighted by molar-refractivity contribution is -0.143. The van der Waals surface area contributed by atoms with E-state index in [0.717, 1.165) is 24.7 Å². The van der Waals surface area contributed by atoms with E-state index in [4.69, 9.17) is 14.6 Å². The molecule has 12 heteroatoms. The maximum atomic E-state index is 14.5. The largest absolute Gasteiger partial charge is 0.479 e. The van der Waals surface area contributed by atoms with Crippen LogP contribution in [0.1, 0.15) is 53.6 Å². The van der Waals surface area contributed by atoms with Crippen molar-refractivity contribution in [3.63, 3.8) is 0 Å². The zero-order valence-corrected chi connectivity index (χ0v) is 16.1. The number of hydrogen-bond donors (Lipinski definition) is 2. The molecule has 1 unspecified atom stereocenters. The lowest BCUT2D eigenvalue weighted by atomic mass is 10.0. The Hall–Kier alpha value is -3.44. The van der Waals surface area contributed by atoms with Gasteiger partial charge in [0.05, 0.1) is 11.6 Å². The van der Waals surface area contributed by atoms with E-state index in [1.165, 1.54) is 13.8 Å². The number of carbonyl (C=O) groups is 1. The topological polar surface area (TPSA) is 93.6 Å². The molecule has 1 aromatic heterocycles. The zero-order chi connectivity index (χ0) is 22.9. The first-order valence-corrected chi connectivity index (χ1v) is 8.84. The van der Waals surface area contributed by atoms with Crippen LogP contribution >= 0.6 is 0 Å². The Morgan fingerprint density at radius 2 is 1.87 bits per heavy atom. The summed E-state index contributed by atoms with van der Waals surface area (Å²) in [6.45, 7) is 2.72.